The number of fused-ring (bicyclic) bond motifs is 4. The summed E-state index contributed by atoms with van der Waals surface area (Å²) in [6.45, 7) is 2.71. The molecule has 2 aromatic carbocycles. The number of sulfonamides is 1. The van der Waals surface area contributed by atoms with E-state index in [0.29, 0.717) is 31.2 Å². The Balaban J connectivity index is 1.52. The zero-order valence-electron chi connectivity index (χ0n) is 19.8. The Morgan fingerprint density at radius 2 is 1.60 bits per heavy atom. The third-order valence-electron chi connectivity index (χ3n) is 7.90. The van der Waals surface area contributed by atoms with Crippen LogP contribution >= 0.6 is 0 Å². The van der Waals surface area contributed by atoms with Gasteiger partial charge in [0.1, 0.15) is 5.82 Å². The smallest absolute Gasteiger partial charge is 0.264 e. The number of piperidine rings is 3. The van der Waals surface area contributed by atoms with E-state index in [0.717, 1.165) is 37.0 Å². The van der Waals surface area contributed by atoms with Crippen LogP contribution in [0.3, 0.4) is 0 Å². The van der Waals surface area contributed by atoms with Gasteiger partial charge in [0, 0.05) is 12.0 Å². The van der Waals surface area contributed by atoms with Crippen molar-refractivity contribution in [1.82, 2.24) is 9.21 Å². The molecule has 4 aliphatic rings. The van der Waals surface area contributed by atoms with Crippen LogP contribution in [0.2, 0.25) is 0 Å². The van der Waals surface area contributed by atoms with Gasteiger partial charge in [-0.25, -0.2) is 12.8 Å². The molecule has 0 amide bonds. The van der Waals surface area contributed by atoms with Crippen LogP contribution in [-0.2, 0) is 30.7 Å². The summed E-state index contributed by atoms with van der Waals surface area (Å²) in [4.78, 5) is 2.32. The summed E-state index contributed by atoms with van der Waals surface area (Å²) in [5.41, 5.74) is 2.10. The SMILES string of the molecule is CS(=O)(=O)OC(CS(=O)(=O)N1CCc2ccccc2[C@@H]1c1ccc(F)cc1)C12CCN(CC1)CC2. The Kier molecular flexibility index (Phi) is 6.54. The van der Waals surface area contributed by atoms with Crippen LogP contribution in [0.25, 0.3) is 0 Å². The van der Waals surface area contributed by atoms with Gasteiger partial charge >= 0.3 is 0 Å². The quantitative estimate of drug-likeness (QED) is 0.520. The summed E-state index contributed by atoms with van der Waals surface area (Å²) in [5, 5.41) is 0. The molecule has 35 heavy (non-hydrogen) atoms. The normalized spacial score (nSPS) is 27.9. The van der Waals surface area contributed by atoms with Crippen LogP contribution < -0.4 is 0 Å². The Morgan fingerprint density at radius 3 is 2.23 bits per heavy atom. The minimum atomic E-state index is -3.95. The predicted octanol–water partition coefficient (Wildman–Crippen LogP) is 2.93. The van der Waals surface area contributed by atoms with Gasteiger partial charge in [-0.15, -0.1) is 0 Å². The molecule has 4 heterocycles. The third-order valence-corrected chi connectivity index (χ3v) is 10.3. The van der Waals surface area contributed by atoms with Gasteiger partial charge in [-0.1, -0.05) is 36.4 Å². The molecule has 0 radical (unpaired) electrons. The third kappa shape index (κ3) is 5.04. The van der Waals surface area contributed by atoms with Crippen molar-refractivity contribution in [3.05, 3.63) is 71.0 Å². The van der Waals surface area contributed by atoms with E-state index in [9.17, 15) is 21.2 Å². The number of nitrogens with zero attached hydrogens (tertiary/aromatic N) is 2. The molecule has 4 aliphatic heterocycles. The maximum atomic E-state index is 14.0. The van der Waals surface area contributed by atoms with E-state index in [1.165, 1.54) is 16.4 Å². The van der Waals surface area contributed by atoms with Gasteiger partial charge in [0.2, 0.25) is 10.0 Å². The molecule has 7 nitrogen and oxygen atoms in total. The van der Waals surface area contributed by atoms with Gasteiger partial charge in [-0.2, -0.15) is 12.7 Å². The van der Waals surface area contributed by atoms with E-state index >= 15 is 0 Å². The van der Waals surface area contributed by atoms with Crippen molar-refractivity contribution in [2.45, 2.75) is 37.8 Å². The van der Waals surface area contributed by atoms with Crippen LogP contribution in [0.1, 0.15) is 42.0 Å². The van der Waals surface area contributed by atoms with Gasteiger partial charge in [-0.3, -0.25) is 4.18 Å². The average Bonchev–Trinajstić information content (AvgIpc) is 2.84. The first-order chi connectivity index (χ1) is 16.6. The maximum Gasteiger partial charge on any atom is 0.264 e. The van der Waals surface area contributed by atoms with E-state index in [1.807, 2.05) is 24.3 Å². The zero-order valence-corrected chi connectivity index (χ0v) is 21.4. The molecule has 190 valence electrons. The van der Waals surface area contributed by atoms with E-state index in [1.54, 1.807) is 12.1 Å². The summed E-state index contributed by atoms with van der Waals surface area (Å²) < 4.78 is 73.2. The summed E-state index contributed by atoms with van der Waals surface area (Å²) in [5.74, 6) is -0.795. The second-order valence-corrected chi connectivity index (χ2v) is 13.6. The van der Waals surface area contributed by atoms with Crippen LogP contribution in [-0.4, -0.2) is 70.3 Å². The van der Waals surface area contributed by atoms with Crippen LogP contribution in [0.4, 0.5) is 4.39 Å². The Bertz CT molecular complexity index is 1280. The highest BCUT2D eigenvalue weighted by molar-refractivity contribution is 7.89. The second-order valence-electron chi connectivity index (χ2n) is 10.0. The number of hydrogen-bond donors (Lipinski definition) is 0. The van der Waals surface area contributed by atoms with Crippen molar-refractivity contribution in [3.63, 3.8) is 0 Å². The molecule has 3 saturated heterocycles. The zero-order chi connectivity index (χ0) is 24.8. The van der Waals surface area contributed by atoms with E-state index in [-0.39, 0.29) is 6.54 Å². The minimum absolute atomic E-state index is 0.258. The molecule has 3 fully saturated rings. The molecule has 2 aromatic rings. The molecule has 0 N–H and O–H groups in total. The number of benzene rings is 2. The Labute approximate surface area is 207 Å². The largest absolute Gasteiger partial charge is 0.303 e. The fourth-order valence-corrected chi connectivity index (χ4v) is 8.68. The number of halogens is 1. The molecule has 0 aliphatic carbocycles. The topological polar surface area (TPSA) is 84.0 Å². The Hall–Kier alpha value is -1.85. The lowest BCUT2D eigenvalue weighted by atomic mass is 9.69. The van der Waals surface area contributed by atoms with Crippen LogP contribution in [0, 0.1) is 11.2 Å². The van der Waals surface area contributed by atoms with E-state index in [4.69, 9.17) is 4.18 Å². The Morgan fingerprint density at radius 1 is 0.971 bits per heavy atom. The summed E-state index contributed by atoms with van der Waals surface area (Å²) in [6, 6.07) is 13.0. The predicted molar refractivity (Wildman–Crippen MR) is 131 cm³/mol. The minimum Gasteiger partial charge on any atom is -0.303 e. The fraction of sp³-hybridized carbons (Fsp3) is 0.520. The second kappa shape index (κ2) is 9.23. The lowest BCUT2D eigenvalue weighted by Crippen LogP contribution is -2.57. The van der Waals surface area contributed by atoms with Gasteiger partial charge in [0.05, 0.1) is 24.2 Å². The van der Waals surface area contributed by atoms with Gasteiger partial charge in [0.15, 0.2) is 0 Å². The molecule has 1 unspecified atom stereocenters. The maximum absolute atomic E-state index is 14.0. The lowest BCUT2D eigenvalue weighted by molar-refractivity contribution is -0.0456. The van der Waals surface area contributed by atoms with Crippen molar-refractivity contribution >= 4 is 20.1 Å². The first-order valence-corrected chi connectivity index (χ1v) is 15.4. The monoisotopic (exact) mass is 522 g/mol. The molecular formula is C25H31FN2O5S2. The molecule has 6 rings (SSSR count). The van der Waals surface area contributed by atoms with E-state index in [2.05, 4.69) is 4.90 Å². The molecule has 2 atom stereocenters. The lowest BCUT2D eigenvalue weighted by Gasteiger charge is -2.51. The average molecular weight is 523 g/mol. The van der Waals surface area contributed by atoms with Gasteiger partial charge in [-0.05, 0) is 74.1 Å². The molecule has 2 bridgehead atoms. The first kappa shape index (κ1) is 24.8. The molecule has 0 saturated carbocycles. The molecule has 10 heteroatoms. The summed E-state index contributed by atoms with van der Waals surface area (Å²) >= 11 is 0. The highest BCUT2D eigenvalue weighted by atomic mass is 32.2. The van der Waals surface area contributed by atoms with Crippen LogP contribution in [0.5, 0.6) is 0 Å². The number of rotatable bonds is 7. The number of hydrogen-bond acceptors (Lipinski definition) is 6. The standard InChI is InChI=1S/C25H31FN2O5S2/c1-34(29,30)33-23(25-11-15-27(16-12-25)17-13-25)18-35(31,32)28-14-10-19-4-2-3-5-22(19)24(28)20-6-8-21(26)9-7-20/h2-9,23-24H,10-18H2,1H3/t23?,24-/m0/s1. The fourth-order valence-electron chi connectivity index (χ4n) is 5.97. The van der Waals surface area contributed by atoms with E-state index < -0.39 is 49.3 Å². The highest BCUT2D eigenvalue weighted by Crippen LogP contribution is 2.46. The van der Waals surface area contributed by atoms with Crippen molar-refractivity contribution in [1.29, 1.82) is 0 Å². The molecular weight excluding hydrogens is 491 g/mol. The van der Waals surface area contributed by atoms with Crippen molar-refractivity contribution in [2.24, 2.45) is 5.41 Å². The first-order valence-electron chi connectivity index (χ1n) is 12.0. The summed E-state index contributed by atoms with van der Waals surface area (Å²) in [7, 11) is -7.81. The van der Waals surface area contributed by atoms with Crippen LogP contribution in [0.15, 0.2) is 48.5 Å². The highest BCUT2D eigenvalue weighted by Gasteiger charge is 2.50. The van der Waals surface area contributed by atoms with Crippen molar-refractivity contribution in [3.8, 4) is 0 Å². The molecule has 0 aromatic heterocycles. The van der Waals surface area contributed by atoms with Gasteiger partial charge < -0.3 is 4.90 Å². The van der Waals surface area contributed by atoms with Crippen molar-refractivity contribution < 1.29 is 25.4 Å². The molecule has 0 spiro atoms. The van der Waals surface area contributed by atoms with Gasteiger partial charge in [0.25, 0.3) is 10.1 Å². The van der Waals surface area contributed by atoms with Crippen molar-refractivity contribution in [2.75, 3.05) is 38.2 Å². The summed E-state index contributed by atoms with van der Waals surface area (Å²) in [6.07, 6.45) is 2.73.